The van der Waals surface area contributed by atoms with Gasteiger partial charge in [0, 0.05) is 73.3 Å². The van der Waals surface area contributed by atoms with Gasteiger partial charge in [0.2, 0.25) is 0 Å². The second kappa shape index (κ2) is 29.2. The van der Waals surface area contributed by atoms with E-state index in [-0.39, 0.29) is 31.1 Å². The normalized spacial score (nSPS) is 18.5. The van der Waals surface area contributed by atoms with Crippen LogP contribution >= 0.6 is 0 Å². The molecule has 0 radical (unpaired) electrons. The highest BCUT2D eigenvalue weighted by Crippen LogP contribution is 2.36. The largest absolute Gasteiger partial charge is 0.454 e. The van der Waals surface area contributed by atoms with Crippen LogP contribution in [0.4, 0.5) is 8.78 Å². The molecule has 2 saturated carbocycles. The van der Waals surface area contributed by atoms with Crippen molar-refractivity contribution in [2.24, 2.45) is 11.8 Å². The van der Waals surface area contributed by atoms with Crippen LogP contribution < -0.4 is 5.32 Å². The van der Waals surface area contributed by atoms with E-state index >= 15 is 8.78 Å². The summed E-state index contributed by atoms with van der Waals surface area (Å²) in [6.45, 7) is 5.83. The first-order chi connectivity index (χ1) is 37.9. The van der Waals surface area contributed by atoms with E-state index in [9.17, 15) is 38.4 Å². The maximum absolute atomic E-state index is 15.6. The van der Waals surface area contributed by atoms with E-state index in [2.05, 4.69) is 5.32 Å². The number of likely N-dealkylation sites (N-methyl/N-ethyl adjacent to an activating group) is 4. The van der Waals surface area contributed by atoms with Gasteiger partial charge >= 0.3 is 23.9 Å². The molecule has 4 fully saturated rings. The predicted molar refractivity (Wildman–Crippen MR) is 290 cm³/mol. The van der Waals surface area contributed by atoms with E-state index in [1.807, 2.05) is 48.5 Å². The van der Waals surface area contributed by atoms with Gasteiger partial charge in [-0.05, 0) is 119 Å². The van der Waals surface area contributed by atoms with Crippen molar-refractivity contribution in [1.82, 2.24) is 20.0 Å². The molecule has 1 N–H and O–H groups in total. The highest BCUT2D eigenvalue weighted by atomic mass is 19.1. The average molecular weight is 1120 g/mol. The number of alkyl halides is 2. The number of nitrogens with one attached hydrogen (secondary N) is 1. The molecule has 442 valence electrons. The highest BCUT2D eigenvalue weighted by molar-refractivity contribution is 5.92. The lowest BCUT2D eigenvalue weighted by atomic mass is 9.90. The average Bonchev–Trinajstić information content (AvgIpc) is 4.40. The summed E-state index contributed by atoms with van der Waals surface area (Å²) >= 11 is 0. The number of carbonyl (C=O) groups is 8. The number of hydrogen-bond acceptors (Lipinski definition) is 15. The zero-order valence-electron chi connectivity index (χ0n) is 47.9. The van der Waals surface area contributed by atoms with Gasteiger partial charge in [-0.1, -0.05) is 74.2 Å². The smallest absolute Gasteiger partial charge is 0.329 e. The van der Waals surface area contributed by atoms with Gasteiger partial charge in [0.25, 0.3) is 17.7 Å². The van der Waals surface area contributed by atoms with E-state index < -0.39 is 115 Å². The molecule has 18 nitrogen and oxygen atoms in total. The molecule has 4 aliphatic rings. The van der Waals surface area contributed by atoms with Crippen LogP contribution in [0.5, 0.6) is 0 Å². The molecule has 0 spiro atoms. The maximum atomic E-state index is 15.6. The van der Waals surface area contributed by atoms with Crippen LogP contribution in [-0.2, 0) is 79.6 Å². The van der Waals surface area contributed by atoms with Crippen LogP contribution in [0.25, 0.3) is 0 Å². The lowest BCUT2D eigenvalue weighted by Gasteiger charge is -2.33. The Bertz CT molecular complexity index is 2410. The van der Waals surface area contributed by atoms with Crippen LogP contribution in [-0.4, -0.2) is 178 Å². The summed E-state index contributed by atoms with van der Waals surface area (Å²) < 4.78 is 64.5. The predicted octanol–water partition coefficient (Wildman–Crippen LogP) is 6.31. The van der Waals surface area contributed by atoms with Crippen molar-refractivity contribution in [3.8, 4) is 0 Å². The summed E-state index contributed by atoms with van der Waals surface area (Å²) in [6, 6.07) is 10.1. The van der Waals surface area contributed by atoms with Crippen LogP contribution in [0.3, 0.4) is 0 Å². The monoisotopic (exact) mass is 1120 g/mol. The van der Waals surface area contributed by atoms with Gasteiger partial charge in [0.1, 0.15) is 35.5 Å². The minimum atomic E-state index is -2.03. The molecule has 6 atom stereocenters. The van der Waals surface area contributed by atoms with Crippen LogP contribution in [0.15, 0.2) is 48.5 Å². The molecule has 2 aliphatic heterocycles. The molecule has 2 aliphatic carbocycles. The van der Waals surface area contributed by atoms with Crippen LogP contribution in [0, 0.1) is 11.8 Å². The molecule has 2 heterocycles. The van der Waals surface area contributed by atoms with Crippen molar-refractivity contribution >= 4 is 47.9 Å². The Balaban J connectivity index is 1.16. The summed E-state index contributed by atoms with van der Waals surface area (Å²) in [7, 11) is 5.44. The summed E-state index contributed by atoms with van der Waals surface area (Å²) in [6.07, 6.45) is 3.92. The fourth-order valence-corrected chi connectivity index (χ4v) is 10.3. The molecule has 2 aromatic rings. The first-order valence-corrected chi connectivity index (χ1v) is 28.3. The van der Waals surface area contributed by atoms with Crippen molar-refractivity contribution in [1.29, 1.82) is 0 Å². The number of benzene rings is 2. The third-order valence-electron chi connectivity index (χ3n) is 15.7. The number of halogens is 2. The van der Waals surface area contributed by atoms with Crippen molar-refractivity contribution in [2.75, 3.05) is 67.8 Å². The van der Waals surface area contributed by atoms with Gasteiger partial charge in [-0.15, -0.1) is 0 Å². The molecule has 0 unspecified atom stereocenters. The molecule has 0 bridgehead atoms. The van der Waals surface area contributed by atoms with E-state index in [1.165, 1.54) is 48.8 Å². The topological polar surface area (TPSA) is 214 Å². The number of aldehydes is 1. The van der Waals surface area contributed by atoms with E-state index in [4.69, 9.17) is 28.4 Å². The van der Waals surface area contributed by atoms with E-state index in [0.29, 0.717) is 56.5 Å². The number of hydrogen-bond donors (Lipinski definition) is 1. The molecule has 80 heavy (non-hydrogen) atoms. The number of carbonyl (C=O) groups excluding carboxylic acids is 8. The minimum absolute atomic E-state index is 0.00330. The summed E-state index contributed by atoms with van der Waals surface area (Å²) in [4.78, 5) is 113. The Morgan fingerprint density at radius 3 is 1.44 bits per heavy atom. The second-order valence-electron chi connectivity index (χ2n) is 23.5. The van der Waals surface area contributed by atoms with Gasteiger partial charge in [-0.3, -0.25) is 24.0 Å². The molecule has 2 saturated heterocycles. The number of ether oxygens (including phenoxy) is 6. The van der Waals surface area contributed by atoms with Gasteiger partial charge < -0.3 is 48.4 Å². The Labute approximate surface area is 469 Å². The zero-order chi connectivity index (χ0) is 58.3. The third kappa shape index (κ3) is 19.7. The van der Waals surface area contributed by atoms with Gasteiger partial charge in [0.05, 0.1) is 0 Å². The third-order valence-corrected chi connectivity index (χ3v) is 15.7. The number of esters is 4. The fraction of sp³-hybridized carbons (Fsp3) is 0.667. The van der Waals surface area contributed by atoms with Gasteiger partial charge in [-0.2, -0.15) is 0 Å². The molecular formula is C60H84F2N4O14. The molecular weight excluding hydrogens is 1040 g/mol. The first kappa shape index (κ1) is 63.3. The number of amides is 3. The van der Waals surface area contributed by atoms with Crippen LogP contribution in [0.2, 0.25) is 0 Å². The van der Waals surface area contributed by atoms with Crippen molar-refractivity contribution < 1.29 is 75.6 Å². The van der Waals surface area contributed by atoms with E-state index in [1.54, 1.807) is 7.05 Å². The molecule has 2 aromatic carbocycles. The molecule has 0 aromatic heterocycles. The minimum Gasteiger partial charge on any atom is -0.454 e. The summed E-state index contributed by atoms with van der Waals surface area (Å²) in [5.74, 6) is -5.35. The molecule has 3 amide bonds. The Hall–Kier alpha value is -5.86. The quantitative estimate of drug-likeness (QED) is 0.0516. The van der Waals surface area contributed by atoms with Crippen molar-refractivity contribution in [3.63, 3.8) is 0 Å². The zero-order valence-corrected chi connectivity index (χ0v) is 47.9. The Morgan fingerprint density at radius 1 is 0.588 bits per heavy atom. The molecule has 6 rings (SSSR count). The SMILES string of the molecule is CN[C@@H](CC1CC1)C(=O)OCC(=O)N(C)[C@@H](CC(C)(C)F)C(=O)O[C@H](Cc1ccc(C2CCOCC2)cc1)C(=O)N(C)[C@@H](CC1CC1)C(=O)OCC(=O)N(C)[C@@H](CC(C)(C)F)C(=O)O[C@@H](C=O)Cc1ccc(C2CCOCC2)cc1. The lowest BCUT2D eigenvalue weighted by Crippen LogP contribution is -2.53. The summed E-state index contributed by atoms with van der Waals surface area (Å²) in [5, 5.41) is 2.91. The highest BCUT2D eigenvalue weighted by Gasteiger charge is 2.42. The van der Waals surface area contributed by atoms with Gasteiger partial charge in [0.15, 0.2) is 31.7 Å². The summed E-state index contributed by atoms with van der Waals surface area (Å²) in [5.41, 5.74) is -0.523. The standard InChI is InChI=1S/C60H84F2N4O14/c1-59(2,61)33-49(57(73)79-46(35-67)29-38-13-17-42(18-14-38)44-21-25-75-26-22-44)64(6)53(69)37-78-56(72)48(31-40-11-12-40)66(8)54(70)51(32-41-15-19-43(20-16-41)45-23-27-76-28-24-45)80-58(74)50(34-60(3,4)62)65(7)52(68)36-77-55(71)47(63-5)30-39-9-10-39/h13-20,35,39-40,44-51,63H,9-12,21-34,36-37H2,1-8H3/t46-,47+,48+,49+,50+,51-/m1/s1. The Morgan fingerprint density at radius 2 is 1.01 bits per heavy atom. The first-order valence-electron chi connectivity index (χ1n) is 28.3. The lowest BCUT2D eigenvalue weighted by molar-refractivity contribution is -0.171. The van der Waals surface area contributed by atoms with Crippen molar-refractivity contribution in [3.05, 3.63) is 70.8 Å². The van der Waals surface area contributed by atoms with E-state index in [0.717, 1.165) is 82.8 Å². The Kier molecular flexibility index (Phi) is 23.1. The molecule has 20 heteroatoms. The fourth-order valence-electron chi connectivity index (χ4n) is 10.3. The van der Waals surface area contributed by atoms with Crippen LogP contribution in [0.1, 0.15) is 139 Å². The second-order valence-corrected chi connectivity index (χ2v) is 23.5. The van der Waals surface area contributed by atoms with Crippen molar-refractivity contribution in [2.45, 2.75) is 177 Å². The maximum Gasteiger partial charge on any atom is 0.329 e. The van der Waals surface area contributed by atoms with Gasteiger partial charge in [-0.25, -0.2) is 23.2 Å². The number of rotatable bonds is 30. The number of nitrogens with zero attached hydrogens (tertiary/aromatic N) is 3.